The molecule has 2 atom stereocenters. The second-order valence-electron chi connectivity index (χ2n) is 5.80. The van der Waals surface area contributed by atoms with Crippen molar-refractivity contribution in [1.82, 2.24) is 0 Å². The van der Waals surface area contributed by atoms with Gasteiger partial charge in [0.05, 0.1) is 0 Å². The van der Waals surface area contributed by atoms with Gasteiger partial charge in [-0.05, 0) is 30.1 Å². The Balaban J connectivity index is 2.91. The molecular formula is C12H22O4. The number of Topliss-reactive ketones (excluding diaryl/α,β-unsaturated/α-hetero) is 1. The van der Waals surface area contributed by atoms with E-state index in [1.165, 1.54) is 0 Å². The van der Waals surface area contributed by atoms with E-state index >= 15 is 0 Å². The molecule has 0 amide bonds. The van der Waals surface area contributed by atoms with Crippen LogP contribution in [0.3, 0.4) is 0 Å². The Kier molecular flexibility index (Phi) is 3.48. The van der Waals surface area contributed by atoms with Crippen LogP contribution >= 0.6 is 0 Å². The summed E-state index contributed by atoms with van der Waals surface area (Å²) in [4.78, 5) is 11.7. The third kappa shape index (κ3) is 2.29. The van der Waals surface area contributed by atoms with Crippen molar-refractivity contribution in [3.05, 3.63) is 0 Å². The lowest BCUT2D eigenvalue weighted by Crippen LogP contribution is -2.46. The lowest BCUT2D eigenvalue weighted by atomic mass is 9.69. The zero-order valence-corrected chi connectivity index (χ0v) is 10.4. The third-order valence-corrected chi connectivity index (χ3v) is 4.07. The normalized spacial score (nSPS) is 29.8. The van der Waals surface area contributed by atoms with E-state index in [4.69, 9.17) is 15.3 Å². The number of ketones is 1. The Morgan fingerprint density at radius 3 is 2.06 bits per heavy atom. The van der Waals surface area contributed by atoms with E-state index in [2.05, 4.69) is 13.8 Å². The zero-order valence-electron chi connectivity index (χ0n) is 10.4. The Hall–Kier alpha value is -0.450. The molecule has 0 aromatic rings. The maximum absolute atomic E-state index is 11.7. The Labute approximate surface area is 96.3 Å². The molecule has 1 aliphatic carbocycles. The van der Waals surface area contributed by atoms with Crippen molar-refractivity contribution >= 4 is 5.78 Å². The van der Waals surface area contributed by atoms with Crippen LogP contribution in [0, 0.1) is 23.2 Å². The van der Waals surface area contributed by atoms with E-state index in [0.29, 0.717) is 18.3 Å². The number of carbonyl (C=O) groups excluding carboxylic acids is 1. The van der Waals surface area contributed by atoms with Crippen LogP contribution in [0.15, 0.2) is 0 Å². The molecule has 0 heterocycles. The zero-order chi connectivity index (χ0) is 12.7. The van der Waals surface area contributed by atoms with Gasteiger partial charge in [0.1, 0.15) is 0 Å². The summed E-state index contributed by atoms with van der Waals surface area (Å²) in [7, 11) is 0. The molecule has 2 unspecified atom stereocenters. The van der Waals surface area contributed by atoms with Crippen molar-refractivity contribution in [2.75, 3.05) is 0 Å². The first-order valence-electron chi connectivity index (χ1n) is 5.80. The summed E-state index contributed by atoms with van der Waals surface area (Å²) in [5, 5.41) is 26.9. The molecule has 0 saturated heterocycles. The molecule has 1 rings (SSSR count). The average molecular weight is 230 g/mol. The monoisotopic (exact) mass is 230 g/mol. The highest BCUT2D eigenvalue weighted by atomic mass is 16.7. The topological polar surface area (TPSA) is 77.8 Å². The molecule has 94 valence electrons. The fraction of sp³-hybridized carbons (Fsp3) is 0.917. The molecule has 1 fully saturated rings. The predicted molar refractivity (Wildman–Crippen MR) is 59.2 cm³/mol. The molecule has 0 aliphatic heterocycles. The van der Waals surface area contributed by atoms with Gasteiger partial charge in [-0.1, -0.05) is 27.7 Å². The number of rotatable bonds is 3. The van der Waals surface area contributed by atoms with Crippen LogP contribution < -0.4 is 0 Å². The highest BCUT2D eigenvalue weighted by molar-refractivity contribution is 5.86. The smallest absolute Gasteiger partial charge is 0.337 e. The van der Waals surface area contributed by atoms with Gasteiger partial charge in [-0.25, -0.2) is 0 Å². The van der Waals surface area contributed by atoms with Crippen molar-refractivity contribution in [3.63, 3.8) is 0 Å². The van der Waals surface area contributed by atoms with E-state index in [0.717, 1.165) is 6.42 Å². The van der Waals surface area contributed by atoms with Crippen molar-refractivity contribution in [2.45, 2.75) is 46.5 Å². The summed E-state index contributed by atoms with van der Waals surface area (Å²) >= 11 is 0. The van der Waals surface area contributed by atoms with E-state index < -0.39 is 17.7 Å². The van der Waals surface area contributed by atoms with Crippen LogP contribution in [0.5, 0.6) is 0 Å². The summed E-state index contributed by atoms with van der Waals surface area (Å²) in [6.45, 7) is 8.12. The summed E-state index contributed by atoms with van der Waals surface area (Å²) in [6, 6.07) is 0. The number of hydrogen-bond donors (Lipinski definition) is 3. The van der Waals surface area contributed by atoms with Gasteiger partial charge in [-0.3, -0.25) is 4.79 Å². The first-order chi connectivity index (χ1) is 7.08. The molecule has 0 aromatic heterocycles. The van der Waals surface area contributed by atoms with Gasteiger partial charge in [0, 0.05) is 5.92 Å². The maximum Gasteiger partial charge on any atom is 0.339 e. The van der Waals surface area contributed by atoms with Crippen LogP contribution in [-0.4, -0.2) is 27.1 Å². The number of carbonyl (C=O) groups is 1. The molecule has 1 aliphatic rings. The minimum atomic E-state index is -3.19. The first-order valence-corrected chi connectivity index (χ1v) is 5.80. The highest BCUT2D eigenvalue weighted by Gasteiger charge is 2.51. The minimum absolute atomic E-state index is 0.301. The number of aliphatic hydroxyl groups is 3. The van der Waals surface area contributed by atoms with Crippen molar-refractivity contribution < 1.29 is 20.1 Å². The second-order valence-corrected chi connectivity index (χ2v) is 5.80. The van der Waals surface area contributed by atoms with Crippen LogP contribution in [-0.2, 0) is 4.79 Å². The van der Waals surface area contributed by atoms with Gasteiger partial charge in [-0.2, -0.15) is 0 Å². The molecular weight excluding hydrogens is 208 g/mol. The molecule has 0 spiro atoms. The second kappa shape index (κ2) is 4.09. The average Bonchev–Trinajstić information content (AvgIpc) is 2.37. The highest BCUT2D eigenvalue weighted by Crippen LogP contribution is 2.51. The Bertz CT molecular complexity index is 275. The summed E-state index contributed by atoms with van der Waals surface area (Å²) in [5.41, 5.74) is -0.301. The predicted octanol–water partition coefficient (Wildman–Crippen LogP) is 0.895. The quantitative estimate of drug-likeness (QED) is 0.629. The Morgan fingerprint density at radius 2 is 1.75 bits per heavy atom. The molecule has 0 aromatic carbocycles. The van der Waals surface area contributed by atoms with Crippen LogP contribution in [0.1, 0.15) is 40.5 Å². The number of hydrogen-bond acceptors (Lipinski definition) is 4. The molecule has 4 heteroatoms. The van der Waals surface area contributed by atoms with Gasteiger partial charge in [0.25, 0.3) is 0 Å². The van der Waals surface area contributed by atoms with Crippen molar-refractivity contribution in [3.8, 4) is 0 Å². The Morgan fingerprint density at radius 1 is 1.25 bits per heavy atom. The van der Waals surface area contributed by atoms with Gasteiger partial charge < -0.3 is 15.3 Å². The molecule has 0 radical (unpaired) electrons. The van der Waals surface area contributed by atoms with Crippen LogP contribution in [0.4, 0.5) is 0 Å². The fourth-order valence-corrected chi connectivity index (χ4v) is 3.24. The van der Waals surface area contributed by atoms with Crippen LogP contribution in [0.25, 0.3) is 0 Å². The van der Waals surface area contributed by atoms with Crippen LogP contribution in [0.2, 0.25) is 0 Å². The molecule has 0 bridgehead atoms. The molecule has 3 N–H and O–H groups in total. The summed E-state index contributed by atoms with van der Waals surface area (Å²) in [5.74, 6) is -3.74. The van der Waals surface area contributed by atoms with E-state index in [1.807, 2.05) is 13.8 Å². The van der Waals surface area contributed by atoms with Gasteiger partial charge in [0.15, 0.2) is 0 Å². The van der Waals surface area contributed by atoms with E-state index in [-0.39, 0.29) is 5.41 Å². The fourth-order valence-electron chi connectivity index (χ4n) is 3.24. The van der Waals surface area contributed by atoms with E-state index in [9.17, 15) is 4.79 Å². The maximum atomic E-state index is 11.7. The SMILES string of the molecule is CC(C)C1CCC(C(=O)C(O)(O)O)C1(C)C. The molecule has 4 nitrogen and oxygen atoms in total. The first kappa shape index (κ1) is 13.6. The minimum Gasteiger partial charge on any atom is -0.337 e. The third-order valence-electron chi connectivity index (χ3n) is 4.07. The van der Waals surface area contributed by atoms with Crippen molar-refractivity contribution in [1.29, 1.82) is 0 Å². The van der Waals surface area contributed by atoms with Gasteiger partial charge in [0.2, 0.25) is 5.78 Å². The van der Waals surface area contributed by atoms with Gasteiger partial charge >= 0.3 is 5.97 Å². The van der Waals surface area contributed by atoms with Crippen molar-refractivity contribution in [2.24, 2.45) is 23.2 Å². The molecule has 16 heavy (non-hydrogen) atoms. The molecule has 1 saturated carbocycles. The lowest BCUT2D eigenvalue weighted by molar-refractivity contribution is -0.291. The lowest BCUT2D eigenvalue weighted by Gasteiger charge is -2.35. The summed E-state index contributed by atoms with van der Waals surface area (Å²) < 4.78 is 0. The standard InChI is InChI=1S/C12H22O4/c1-7(2)8-5-6-9(11(8,3)4)10(13)12(14,15)16/h7-9,14-16H,5-6H2,1-4H3. The summed E-state index contributed by atoms with van der Waals surface area (Å²) in [6.07, 6.45) is 1.50. The van der Waals surface area contributed by atoms with E-state index in [1.54, 1.807) is 0 Å². The van der Waals surface area contributed by atoms with Gasteiger partial charge in [-0.15, -0.1) is 0 Å². The largest absolute Gasteiger partial charge is 0.339 e.